The molecule has 2 heterocycles. The fourth-order valence-corrected chi connectivity index (χ4v) is 3.22. The van der Waals surface area contributed by atoms with E-state index in [4.69, 9.17) is 14.5 Å². The summed E-state index contributed by atoms with van der Waals surface area (Å²) in [5.74, 6) is 1.41. The van der Waals surface area contributed by atoms with E-state index >= 15 is 0 Å². The molecule has 1 aromatic heterocycles. The molecule has 0 bridgehead atoms. The number of nitrogens with one attached hydrogen (secondary N) is 2. The van der Waals surface area contributed by atoms with Crippen molar-refractivity contribution in [3.63, 3.8) is 0 Å². The summed E-state index contributed by atoms with van der Waals surface area (Å²) in [6, 6.07) is 14.3. The molecule has 30 heavy (non-hydrogen) atoms. The molecule has 1 saturated heterocycles. The molecule has 2 N–H and O–H groups in total. The van der Waals surface area contributed by atoms with Crippen LogP contribution in [0, 0.1) is 5.92 Å². The van der Waals surface area contributed by atoms with Gasteiger partial charge in [-0.1, -0.05) is 24.3 Å². The highest BCUT2D eigenvalue weighted by Crippen LogP contribution is 2.18. The zero-order valence-corrected chi connectivity index (χ0v) is 20.0. The van der Waals surface area contributed by atoms with Gasteiger partial charge in [-0.05, 0) is 43.5 Å². The minimum atomic E-state index is 0. The van der Waals surface area contributed by atoms with Gasteiger partial charge in [-0.15, -0.1) is 24.0 Å². The molecule has 1 aliphatic rings. The maximum Gasteiger partial charge on any atom is 0.191 e. The third-order valence-corrected chi connectivity index (χ3v) is 4.79. The fraction of sp³-hybridized carbons (Fsp3) is 0.478. The van der Waals surface area contributed by atoms with Crippen molar-refractivity contribution in [3.8, 4) is 11.3 Å². The Kier molecular flexibility index (Phi) is 11.7. The summed E-state index contributed by atoms with van der Waals surface area (Å²) in [6.45, 7) is 7.65. The van der Waals surface area contributed by atoms with Crippen molar-refractivity contribution in [1.29, 1.82) is 0 Å². The maximum atomic E-state index is 5.76. The number of ether oxygens (including phenoxy) is 2. The zero-order valence-electron chi connectivity index (χ0n) is 17.7. The summed E-state index contributed by atoms with van der Waals surface area (Å²) in [4.78, 5) is 9.14. The summed E-state index contributed by atoms with van der Waals surface area (Å²) in [5.41, 5.74) is 3.25. The second-order valence-corrected chi connectivity index (χ2v) is 7.20. The van der Waals surface area contributed by atoms with Gasteiger partial charge in [-0.3, -0.25) is 4.98 Å². The molecular formula is C23H33IN4O2. The monoisotopic (exact) mass is 524 g/mol. The molecule has 1 unspecified atom stereocenters. The first-order chi connectivity index (χ1) is 14.3. The molecule has 3 rings (SSSR count). The first-order valence-electron chi connectivity index (χ1n) is 10.5. The van der Waals surface area contributed by atoms with Crippen LogP contribution in [0.2, 0.25) is 0 Å². The number of nitrogens with zero attached hydrogens (tertiary/aromatic N) is 2. The van der Waals surface area contributed by atoms with Gasteiger partial charge in [0.05, 0.1) is 25.5 Å². The van der Waals surface area contributed by atoms with Gasteiger partial charge in [0.1, 0.15) is 0 Å². The smallest absolute Gasteiger partial charge is 0.191 e. The van der Waals surface area contributed by atoms with Crippen LogP contribution in [-0.2, 0) is 16.0 Å². The number of hydrogen-bond donors (Lipinski definition) is 2. The van der Waals surface area contributed by atoms with Crippen molar-refractivity contribution in [2.75, 3.05) is 39.5 Å². The fourth-order valence-electron chi connectivity index (χ4n) is 3.22. The lowest BCUT2D eigenvalue weighted by Crippen LogP contribution is -2.38. The summed E-state index contributed by atoms with van der Waals surface area (Å²) >= 11 is 0. The number of halogens is 1. The van der Waals surface area contributed by atoms with Crippen LogP contribution in [0.5, 0.6) is 0 Å². The van der Waals surface area contributed by atoms with E-state index < -0.39 is 0 Å². The van der Waals surface area contributed by atoms with Crippen molar-refractivity contribution in [3.05, 3.63) is 54.2 Å². The molecule has 7 heteroatoms. The minimum absolute atomic E-state index is 0. The number of hydrogen-bond acceptors (Lipinski definition) is 4. The van der Waals surface area contributed by atoms with Crippen molar-refractivity contribution in [2.45, 2.75) is 26.3 Å². The van der Waals surface area contributed by atoms with Gasteiger partial charge < -0.3 is 20.1 Å². The summed E-state index contributed by atoms with van der Waals surface area (Å²) in [7, 11) is 0. The Morgan fingerprint density at radius 2 is 2.17 bits per heavy atom. The number of pyridine rings is 1. The maximum absolute atomic E-state index is 5.76. The molecule has 6 nitrogen and oxygen atoms in total. The third kappa shape index (κ3) is 8.57. The molecule has 0 amide bonds. The Bertz CT molecular complexity index is 752. The molecule has 0 aliphatic carbocycles. The third-order valence-electron chi connectivity index (χ3n) is 4.79. The highest BCUT2D eigenvalue weighted by molar-refractivity contribution is 14.0. The summed E-state index contributed by atoms with van der Waals surface area (Å²) < 4.78 is 11.1. The van der Waals surface area contributed by atoms with Crippen LogP contribution in [0.3, 0.4) is 0 Å². The second kappa shape index (κ2) is 14.3. The number of rotatable bonds is 10. The topological polar surface area (TPSA) is 67.8 Å². The van der Waals surface area contributed by atoms with E-state index in [-0.39, 0.29) is 24.0 Å². The molecule has 0 spiro atoms. The lowest BCUT2D eigenvalue weighted by atomic mass is 10.1. The highest BCUT2D eigenvalue weighted by atomic mass is 127. The first-order valence-corrected chi connectivity index (χ1v) is 10.5. The van der Waals surface area contributed by atoms with Crippen LogP contribution in [0.25, 0.3) is 11.3 Å². The predicted molar refractivity (Wildman–Crippen MR) is 132 cm³/mol. The Morgan fingerprint density at radius 1 is 1.23 bits per heavy atom. The van der Waals surface area contributed by atoms with Crippen molar-refractivity contribution in [1.82, 2.24) is 15.6 Å². The zero-order chi connectivity index (χ0) is 20.2. The average Bonchev–Trinajstić information content (AvgIpc) is 3.29. The SMILES string of the molecule is CCNC(=NCc1cccc(-c2ccccn2)c1)NCCCOCC1CCOC1.I. The molecule has 0 radical (unpaired) electrons. The molecule has 1 atom stereocenters. The van der Waals surface area contributed by atoms with Crippen molar-refractivity contribution < 1.29 is 9.47 Å². The minimum Gasteiger partial charge on any atom is -0.381 e. The summed E-state index contributed by atoms with van der Waals surface area (Å²) in [6.07, 6.45) is 3.89. The van der Waals surface area contributed by atoms with Crippen LogP contribution < -0.4 is 10.6 Å². The number of guanidine groups is 1. The van der Waals surface area contributed by atoms with E-state index in [1.165, 1.54) is 0 Å². The Morgan fingerprint density at radius 3 is 2.93 bits per heavy atom. The Hall–Kier alpha value is -1.71. The standard InChI is InChI=1S/C23H32N4O2.HI/c1-2-24-23(26-12-6-13-28-17-20-10-14-29-18-20)27-16-19-7-5-8-21(15-19)22-9-3-4-11-25-22;/h3-5,7-9,11,15,20H,2,6,10,12-14,16-18H2,1H3,(H2,24,26,27);1H. The van der Waals surface area contributed by atoms with Crippen LogP contribution in [0.15, 0.2) is 53.7 Å². The van der Waals surface area contributed by atoms with Gasteiger partial charge in [0, 0.05) is 44.0 Å². The van der Waals surface area contributed by atoms with E-state index in [1.807, 2.05) is 24.4 Å². The predicted octanol–water partition coefficient (Wildman–Crippen LogP) is 3.86. The highest BCUT2D eigenvalue weighted by Gasteiger charge is 2.15. The molecule has 1 aliphatic heterocycles. The van der Waals surface area contributed by atoms with E-state index in [9.17, 15) is 0 Å². The van der Waals surface area contributed by atoms with Gasteiger partial charge in [0.2, 0.25) is 0 Å². The molecular weight excluding hydrogens is 491 g/mol. The Balaban J connectivity index is 0.00000320. The van der Waals surface area contributed by atoms with Crippen LogP contribution in [0.1, 0.15) is 25.3 Å². The van der Waals surface area contributed by atoms with Gasteiger partial charge in [-0.25, -0.2) is 4.99 Å². The lowest BCUT2D eigenvalue weighted by Gasteiger charge is -2.12. The van der Waals surface area contributed by atoms with E-state index in [2.05, 4.69) is 46.8 Å². The molecule has 1 fully saturated rings. The van der Waals surface area contributed by atoms with Crippen LogP contribution in [0.4, 0.5) is 0 Å². The first kappa shape index (κ1) is 24.6. The Labute approximate surface area is 196 Å². The molecule has 1 aromatic carbocycles. The summed E-state index contributed by atoms with van der Waals surface area (Å²) in [5, 5.41) is 6.69. The largest absolute Gasteiger partial charge is 0.381 e. The van der Waals surface area contributed by atoms with Crippen LogP contribution in [-0.4, -0.2) is 50.5 Å². The quantitative estimate of drug-likeness (QED) is 0.214. The normalized spacial score (nSPS) is 16.2. The van der Waals surface area contributed by atoms with Crippen molar-refractivity contribution >= 4 is 29.9 Å². The van der Waals surface area contributed by atoms with E-state index in [0.717, 1.165) is 75.1 Å². The van der Waals surface area contributed by atoms with Gasteiger partial charge in [-0.2, -0.15) is 0 Å². The molecule has 2 aromatic rings. The second-order valence-electron chi connectivity index (χ2n) is 7.20. The number of aromatic nitrogens is 1. The molecule has 0 saturated carbocycles. The van der Waals surface area contributed by atoms with Gasteiger partial charge in [0.15, 0.2) is 5.96 Å². The number of aliphatic imine (C=N–C) groups is 1. The van der Waals surface area contributed by atoms with E-state index in [0.29, 0.717) is 12.5 Å². The van der Waals surface area contributed by atoms with Gasteiger partial charge in [0.25, 0.3) is 0 Å². The number of benzene rings is 1. The van der Waals surface area contributed by atoms with E-state index in [1.54, 1.807) is 0 Å². The van der Waals surface area contributed by atoms with Crippen molar-refractivity contribution in [2.24, 2.45) is 10.9 Å². The average molecular weight is 524 g/mol. The lowest BCUT2D eigenvalue weighted by molar-refractivity contribution is 0.0888. The molecule has 164 valence electrons. The van der Waals surface area contributed by atoms with Gasteiger partial charge >= 0.3 is 0 Å². The van der Waals surface area contributed by atoms with Crippen LogP contribution >= 0.6 is 24.0 Å².